The number of esters is 1. The van der Waals surface area contributed by atoms with E-state index in [1.807, 2.05) is 0 Å². The zero-order valence-corrected chi connectivity index (χ0v) is 19.5. The monoisotopic (exact) mass is 479 g/mol. The molecule has 7 nitrogen and oxygen atoms in total. The van der Waals surface area contributed by atoms with Crippen LogP contribution in [0.25, 0.3) is 5.70 Å². The Hall–Kier alpha value is -3.85. The Balaban J connectivity index is 1.64. The van der Waals surface area contributed by atoms with Gasteiger partial charge in [0, 0.05) is 16.8 Å². The number of carbonyl (C=O) groups excluding carboxylic acids is 3. The number of ether oxygens (including phenoxy) is 1. The van der Waals surface area contributed by atoms with Gasteiger partial charge in [0.25, 0.3) is 5.91 Å². The highest BCUT2D eigenvalue weighted by Gasteiger charge is 2.34. The van der Waals surface area contributed by atoms with Gasteiger partial charge >= 0.3 is 5.97 Å². The van der Waals surface area contributed by atoms with Crippen molar-refractivity contribution in [3.05, 3.63) is 88.2 Å². The molecule has 2 amide bonds. The largest absolute Gasteiger partial charge is 0.462 e. The minimum Gasteiger partial charge on any atom is -0.462 e. The molecule has 1 aliphatic heterocycles. The smallest absolute Gasteiger partial charge is 0.350 e. The van der Waals surface area contributed by atoms with Gasteiger partial charge in [-0.05, 0) is 37.6 Å². The number of aryl methyl sites for hydroxylation is 1. The molecule has 0 fully saturated rings. The number of hydrogen-bond acceptors (Lipinski definition) is 6. The first-order valence-corrected chi connectivity index (χ1v) is 11.4. The van der Waals surface area contributed by atoms with Crippen LogP contribution in [0.1, 0.15) is 43.8 Å². The zero-order valence-electron chi connectivity index (χ0n) is 18.7. The Kier molecular flexibility index (Phi) is 6.56. The molecule has 2 aromatic carbocycles. The van der Waals surface area contributed by atoms with Crippen molar-refractivity contribution < 1.29 is 23.5 Å². The van der Waals surface area contributed by atoms with Gasteiger partial charge < -0.3 is 4.74 Å². The molecule has 0 unspecified atom stereocenters. The van der Waals surface area contributed by atoms with Crippen LogP contribution in [0.15, 0.2) is 55.1 Å². The molecule has 2 heterocycles. The third-order valence-electron chi connectivity index (χ3n) is 5.36. The van der Waals surface area contributed by atoms with Crippen molar-refractivity contribution in [2.45, 2.75) is 20.4 Å². The van der Waals surface area contributed by atoms with Crippen molar-refractivity contribution in [1.29, 1.82) is 0 Å². The van der Waals surface area contributed by atoms with Gasteiger partial charge in [0.1, 0.15) is 17.2 Å². The average Bonchev–Trinajstić information content (AvgIpc) is 3.32. The van der Waals surface area contributed by atoms with Crippen molar-refractivity contribution in [3.8, 4) is 0 Å². The lowest BCUT2D eigenvalue weighted by Gasteiger charge is -2.24. The van der Waals surface area contributed by atoms with E-state index >= 15 is 0 Å². The maximum Gasteiger partial charge on any atom is 0.350 e. The van der Waals surface area contributed by atoms with E-state index in [0.717, 1.165) is 11.3 Å². The number of halogens is 1. The van der Waals surface area contributed by atoms with E-state index in [4.69, 9.17) is 4.74 Å². The molecule has 3 aromatic rings. The van der Waals surface area contributed by atoms with E-state index in [2.05, 4.69) is 11.6 Å². The van der Waals surface area contributed by atoms with Crippen molar-refractivity contribution in [1.82, 2.24) is 9.88 Å². The lowest BCUT2D eigenvalue weighted by atomic mass is 10.1. The normalized spacial score (nSPS) is 12.6. The summed E-state index contributed by atoms with van der Waals surface area (Å²) < 4.78 is 18.5. The highest BCUT2D eigenvalue weighted by atomic mass is 32.1. The second kappa shape index (κ2) is 9.56. The summed E-state index contributed by atoms with van der Waals surface area (Å²) in [4.78, 5) is 46.1. The molecule has 0 spiro atoms. The molecule has 0 N–H and O–H groups in total. The lowest BCUT2D eigenvalue weighted by Crippen LogP contribution is -2.40. The summed E-state index contributed by atoms with van der Waals surface area (Å²) in [5, 5.41) is 0.282. The van der Waals surface area contributed by atoms with Crippen LogP contribution in [0, 0.1) is 12.7 Å². The third kappa shape index (κ3) is 4.47. The molecule has 1 aromatic heterocycles. The van der Waals surface area contributed by atoms with Crippen molar-refractivity contribution in [2.75, 3.05) is 18.1 Å². The minimum absolute atomic E-state index is 0.0792. The Morgan fingerprint density at radius 1 is 1.15 bits per heavy atom. The Labute approximate surface area is 200 Å². The average molecular weight is 480 g/mol. The molecule has 0 saturated carbocycles. The number of rotatable bonds is 7. The highest BCUT2D eigenvalue weighted by Crippen LogP contribution is 2.32. The maximum atomic E-state index is 13.5. The van der Waals surface area contributed by atoms with Gasteiger partial charge in [-0.2, -0.15) is 0 Å². The number of nitrogens with zero attached hydrogens (tertiary/aromatic N) is 3. The predicted octanol–water partition coefficient (Wildman–Crippen LogP) is 4.43. The Bertz CT molecular complexity index is 1250. The number of thiazole rings is 1. The molecule has 0 saturated heterocycles. The number of amides is 2. The first-order chi connectivity index (χ1) is 16.3. The number of anilines is 1. The van der Waals surface area contributed by atoms with Crippen LogP contribution < -0.4 is 4.90 Å². The Morgan fingerprint density at radius 2 is 1.82 bits per heavy atom. The van der Waals surface area contributed by atoms with Gasteiger partial charge in [-0.25, -0.2) is 14.2 Å². The molecule has 0 radical (unpaired) electrons. The highest BCUT2D eigenvalue weighted by molar-refractivity contribution is 7.17. The fourth-order valence-corrected chi connectivity index (χ4v) is 4.62. The summed E-state index contributed by atoms with van der Waals surface area (Å²) in [5.74, 6) is -1.64. The third-order valence-corrected chi connectivity index (χ3v) is 6.53. The van der Waals surface area contributed by atoms with Gasteiger partial charge in [-0.3, -0.25) is 19.4 Å². The summed E-state index contributed by atoms with van der Waals surface area (Å²) in [6.45, 7) is 7.38. The van der Waals surface area contributed by atoms with Crippen LogP contribution in [0.4, 0.5) is 9.52 Å². The van der Waals surface area contributed by atoms with E-state index in [0.29, 0.717) is 33.0 Å². The minimum atomic E-state index is -0.517. The van der Waals surface area contributed by atoms with E-state index in [1.54, 1.807) is 50.2 Å². The first-order valence-electron chi connectivity index (χ1n) is 10.6. The number of fused-ring (bicyclic) bond motifs is 1. The summed E-state index contributed by atoms with van der Waals surface area (Å²) in [6.07, 6.45) is 0. The zero-order chi connectivity index (χ0) is 24.4. The van der Waals surface area contributed by atoms with Crippen molar-refractivity contribution in [3.63, 3.8) is 0 Å². The quantitative estimate of drug-likeness (QED) is 0.469. The SMILES string of the molecule is C=C1c2ccccc2C(=O)N1CC(=O)N(Cc1ccc(F)cc1)c1nc(C)c(C(=O)OCC)s1. The molecule has 0 atom stereocenters. The topological polar surface area (TPSA) is 79.8 Å². The maximum absolute atomic E-state index is 13.5. The van der Waals surface area contributed by atoms with Crippen LogP contribution in [0.2, 0.25) is 0 Å². The van der Waals surface area contributed by atoms with Crippen molar-refractivity contribution in [2.24, 2.45) is 0 Å². The fourth-order valence-electron chi connectivity index (χ4n) is 3.64. The molecule has 0 aliphatic carbocycles. The van der Waals surface area contributed by atoms with Gasteiger partial charge in [-0.1, -0.05) is 48.2 Å². The summed E-state index contributed by atoms with van der Waals surface area (Å²) >= 11 is 1.03. The van der Waals surface area contributed by atoms with E-state index in [-0.39, 0.29) is 30.7 Å². The molecule has 4 rings (SSSR count). The van der Waals surface area contributed by atoms with Gasteiger partial charge in [-0.15, -0.1) is 0 Å². The second-order valence-electron chi connectivity index (χ2n) is 7.62. The van der Waals surface area contributed by atoms with Crippen LogP contribution in [-0.2, 0) is 16.1 Å². The van der Waals surface area contributed by atoms with Crippen LogP contribution in [-0.4, -0.2) is 40.8 Å². The van der Waals surface area contributed by atoms with Gasteiger partial charge in [0.05, 0.1) is 18.8 Å². The molecule has 1 aliphatic rings. The molecular formula is C25H22FN3O4S. The molecule has 9 heteroatoms. The molecule has 0 bridgehead atoms. The second-order valence-corrected chi connectivity index (χ2v) is 8.60. The number of aromatic nitrogens is 1. The van der Waals surface area contributed by atoms with E-state index < -0.39 is 17.7 Å². The number of benzene rings is 2. The van der Waals surface area contributed by atoms with Gasteiger partial charge in [0.2, 0.25) is 5.91 Å². The number of carbonyl (C=O) groups is 3. The van der Waals surface area contributed by atoms with Gasteiger partial charge in [0.15, 0.2) is 5.13 Å². The number of hydrogen-bond donors (Lipinski definition) is 0. The summed E-state index contributed by atoms with van der Waals surface area (Å²) in [6, 6.07) is 12.8. The lowest BCUT2D eigenvalue weighted by molar-refractivity contribution is -0.118. The van der Waals surface area contributed by atoms with E-state index in [1.165, 1.54) is 21.9 Å². The summed E-state index contributed by atoms with van der Waals surface area (Å²) in [5.41, 5.74) is 2.71. The standard InChI is InChI=1S/C25H22FN3O4S/c1-4-33-24(32)22-15(2)27-25(34-22)29(13-17-9-11-18(26)12-10-17)21(30)14-28-16(3)19-7-5-6-8-20(19)23(28)31/h5-12H,3-4,13-14H2,1-2H3. The van der Waals surface area contributed by atoms with Crippen molar-refractivity contribution >= 4 is 39.9 Å². The van der Waals surface area contributed by atoms with Crippen LogP contribution >= 0.6 is 11.3 Å². The molecule has 174 valence electrons. The Morgan fingerprint density at radius 3 is 2.47 bits per heavy atom. The van der Waals surface area contributed by atoms with Crippen LogP contribution in [0.5, 0.6) is 0 Å². The van der Waals surface area contributed by atoms with E-state index in [9.17, 15) is 18.8 Å². The summed E-state index contributed by atoms with van der Waals surface area (Å²) in [7, 11) is 0. The molecular weight excluding hydrogens is 457 g/mol. The molecule has 34 heavy (non-hydrogen) atoms. The predicted molar refractivity (Wildman–Crippen MR) is 127 cm³/mol. The fraction of sp³-hybridized carbons (Fsp3) is 0.200. The first kappa shape index (κ1) is 23.3. The van der Waals surface area contributed by atoms with Crippen LogP contribution in [0.3, 0.4) is 0 Å².